The summed E-state index contributed by atoms with van der Waals surface area (Å²) < 4.78 is 0. The first kappa shape index (κ1) is 11.4. The van der Waals surface area contributed by atoms with Gasteiger partial charge in [0.15, 0.2) is 0 Å². The van der Waals surface area contributed by atoms with Crippen LogP contribution in [0.15, 0.2) is 0 Å². The maximum absolute atomic E-state index is 10.4. The highest BCUT2D eigenvalue weighted by Gasteiger charge is 2.18. The molecule has 82 valence electrons. The molecule has 0 aromatic heterocycles. The van der Waals surface area contributed by atoms with E-state index in [-0.39, 0.29) is 12.7 Å². The molecule has 0 bridgehead atoms. The van der Waals surface area contributed by atoms with E-state index in [4.69, 9.17) is 5.11 Å². The number of aliphatic carboxylic acids is 1. The fourth-order valence-electron chi connectivity index (χ4n) is 1.73. The van der Waals surface area contributed by atoms with Crippen molar-refractivity contribution >= 4 is 5.97 Å². The highest BCUT2D eigenvalue weighted by atomic mass is 16.4. The van der Waals surface area contributed by atoms with Gasteiger partial charge < -0.3 is 10.4 Å². The molecule has 1 aliphatic rings. The summed E-state index contributed by atoms with van der Waals surface area (Å²) in [6.07, 6.45) is 1.14. The Hall–Kier alpha value is -0.650. The van der Waals surface area contributed by atoms with Gasteiger partial charge in [-0.25, -0.2) is 0 Å². The predicted molar refractivity (Wildman–Crippen MR) is 54.2 cm³/mol. The molecule has 0 radical (unpaired) electrons. The fraction of sp³-hybridized carbons (Fsp3) is 0.889. The molecule has 0 amide bonds. The molecule has 5 nitrogen and oxygen atoms in total. The molecule has 1 saturated heterocycles. The topological polar surface area (TPSA) is 64.6 Å². The van der Waals surface area contributed by atoms with E-state index in [1.165, 1.54) is 0 Å². The Labute approximate surface area is 84.5 Å². The Morgan fingerprint density at radius 2 is 2.21 bits per heavy atom. The van der Waals surface area contributed by atoms with Crippen molar-refractivity contribution in [3.8, 4) is 0 Å². The molecule has 0 aliphatic carbocycles. The molecule has 0 aromatic rings. The lowest BCUT2D eigenvalue weighted by atomic mass is 10.2. The smallest absolute Gasteiger partial charge is 0.317 e. The molecule has 1 heterocycles. The second-order valence-electron chi connectivity index (χ2n) is 3.48. The predicted octanol–water partition coefficient (Wildman–Crippen LogP) is -0.698. The van der Waals surface area contributed by atoms with Crippen molar-refractivity contribution in [2.24, 2.45) is 0 Å². The van der Waals surface area contributed by atoms with Crippen molar-refractivity contribution < 1.29 is 9.90 Å². The zero-order valence-electron chi connectivity index (χ0n) is 8.62. The molecule has 14 heavy (non-hydrogen) atoms. The van der Waals surface area contributed by atoms with Gasteiger partial charge in [0.05, 0.1) is 12.7 Å². The van der Waals surface area contributed by atoms with Gasteiger partial charge in [0.2, 0.25) is 0 Å². The summed E-state index contributed by atoms with van der Waals surface area (Å²) in [5.41, 5.74) is 0. The van der Waals surface area contributed by atoms with Crippen LogP contribution < -0.4 is 10.6 Å². The van der Waals surface area contributed by atoms with Crippen LogP contribution in [0.3, 0.4) is 0 Å². The van der Waals surface area contributed by atoms with Crippen LogP contribution >= 0.6 is 0 Å². The number of nitrogens with one attached hydrogen (secondary N) is 2. The SMILES string of the molecule is CCC(NCC(=O)O)N1CCNCC1. The van der Waals surface area contributed by atoms with Crippen molar-refractivity contribution in [1.82, 2.24) is 15.5 Å². The average Bonchev–Trinajstić information content (AvgIpc) is 2.20. The van der Waals surface area contributed by atoms with Crippen molar-refractivity contribution in [2.45, 2.75) is 19.5 Å². The second-order valence-corrected chi connectivity index (χ2v) is 3.48. The largest absolute Gasteiger partial charge is 0.480 e. The number of nitrogens with zero attached hydrogens (tertiary/aromatic N) is 1. The molecule has 0 saturated carbocycles. The Kier molecular flexibility index (Phi) is 4.86. The van der Waals surface area contributed by atoms with Crippen molar-refractivity contribution in [3.63, 3.8) is 0 Å². The Balaban J connectivity index is 2.31. The minimum absolute atomic E-state index is 0.0441. The van der Waals surface area contributed by atoms with Gasteiger partial charge in [-0.1, -0.05) is 6.92 Å². The molecule has 1 atom stereocenters. The minimum Gasteiger partial charge on any atom is -0.480 e. The summed E-state index contributed by atoms with van der Waals surface area (Å²) in [5, 5.41) is 14.9. The monoisotopic (exact) mass is 201 g/mol. The van der Waals surface area contributed by atoms with Crippen molar-refractivity contribution in [3.05, 3.63) is 0 Å². The summed E-state index contributed by atoms with van der Waals surface area (Å²) in [5.74, 6) is -0.793. The van der Waals surface area contributed by atoms with Crippen LogP contribution in [0.4, 0.5) is 0 Å². The summed E-state index contributed by atoms with van der Waals surface area (Å²) in [4.78, 5) is 12.7. The molecule has 1 fully saturated rings. The highest BCUT2D eigenvalue weighted by molar-refractivity contribution is 5.69. The lowest BCUT2D eigenvalue weighted by Gasteiger charge is -2.34. The van der Waals surface area contributed by atoms with Crippen LogP contribution in [0.1, 0.15) is 13.3 Å². The molecular weight excluding hydrogens is 182 g/mol. The van der Waals surface area contributed by atoms with Crippen LogP contribution in [0.2, 0.25) is 0 Å². The van der Waals surface area contributed by atoms with Gasteiger partial charge in [0.1, 0.15) is 0 Å². The molecule has 3 N–H and O–H groups in total. The van der Waals surface area contributed by atoms with E-state index in [2.05, 4.69) is 22.5 Å². The quantitative estimate of drug-likeness (QED) is 0.549. The van der Waals surface area contributed by atoms with Gasteiger partial charge in [-0.2, -0.15) is 0 Å². The Bertz CT molecular complexity index is 181. The molecule has 0 aromatic carbocycles. The van der Waals surface area contributed by atoms with E-state index in [1.807, 2.05) is 0 Å². The van der Waals surface area contributed by atoms with Gasteiger partial charge in [-0.3, -0.25) is 15.0 Å². The maximum atomic E-state index is 10.4. The third-order valence-electron chi connectivity index (χ3n) is 2.47. The summed E-state index contributed by atoms with van der Waals surface area (Å²) in [6.45, 7) is 6.08. The maximum Gasteiger partial charge on any atom is 0.317 e. The lowest BCUT2D eigenvalue weighted by molar-refractivity contribution is -0.136. The molecule has 5 heteroatoms. The normalized spacial score (nSPS) is 20.6. The van der Waals surface area contributed by atoms with Crippen molar-refractivity contribution in [2.75, 3.05) is 32.7 Å². The van der Waals surface area contributed by atoms with Gasteiger partial charge in [0.25, 0.3) is 0 Å². The first-order valence-electron chi connectivity index (χ1n) is 5.14. The number of piperazine rings is 1. The zero-order chi connectivity index (χ0) is 10.4. The summed E-state index contributed by atoms with van der Waals surface area (Å²) in [6, 6.07) is 0. The Morgan fingerprint density at radius 1 is 1.57 bits per heavy atom. The third-order valence-corrected chi connectivity index (χ3v) is 2.47. The van der Waals surface area contributed by atoms with Crippen LogP contribution in [0, 0.1) is 0 Å². The van der Waals surface area contributed by atoms with Gasteiger partial charge >= 0.3 is 5.97 Å². The number of carbonyl (C=O) groups is 1. The first-order chi connectivity index (χ1) is 6.74. The van der Waals surface area contributed by atoms with Gasteiger partial charge in [-0.05, 0) is 6.42 Å². The number of carboxylic acid groups (broad SMARTS) is 1. The molecule has 0 spiro atoms. The number of hydrogen-bond donors (Lipinski definition) is 3. The number of rotatable bonds is 5. The highest BCUT2D eigenvalue weighted by Crippen LogP contribution is 2.01. The van der Waals surface area contributed by atoms with Crippen molar-refractivity contribution in [1.29, 1.82) is 0 Å². The van der Waals surface area contributed by atoms with E-state index in [0.717, 1.165) is 32.6 Å². The van der Waals surface area contributed by atoms with Gasteiger partial charge in [-0.15, -0.1) is 0 Å². The summed E-state index contributed by atoms with van der Waals surface area (Å²) in [7, 11) is 0. The van der Waals surface area contributed by atoms with Crippen LogP contribution in [0.25, 0.3) is 0 Å². The zero-order valence-corrected chi connectivity index (χ0v) is 8.62. The van der Waals surface area contributed by atoms with Crippen LogP contribution in [0.5, 0.6) is 0 Å². The van der Waals surface area contributed by atoms with E-state index in [0.29, 0.717) is 0 Å². The van der Waals surface area contributed by atoms with E-state index < -0.39 is 5.97 Å². The second kappa shape index (κ2) is 5.95. The molecule has 1 rings (SSSR count). The molecule has 1 aliphatic heterocycles. The molecular formula is C9H19N3O2. The average molecular weight is 201 g/mol. The standard InChI is InChI=1S/C9H19N3O2/c1-2-8(11-7-9(13)14)12-5-3-10-4-6-12/h8,10-11H,2-7H2,1H3,(H,13,14). The van der Waals surface area contributed by atoms with E-state index in [1.54, 1.807) is 0 Å². The van der Waals surface area contributed by atoms with Crippen LogP contribution in [-0.4, -0.2) is 54.9 Å². The summed E-state index contributed by atoms with van der Waals surface area (Å²) >= 11 is 0. The molecule has 1 unspecified atom stereocenters. The minimum atomic E-state index is -0.793. The lowest BCUT2D eigenvalue weighted by Crippen LogP contribution is -2.54. The fourth-order valence-corrected chi connectivity index (χ4v) is 1.73. The third kappa shape index (κ3) is 3.61. The number of carboxylic acids is 1. The van der Waals surface area contributed by atoms with E-state index >= 15 is 0 Å². The van der Waals surface area contributed by atoms with E-state index in [9.17, 15) is 4.79 Å². The Morgan fingerprint density at radius 3 is 2.71 bits per heavy atom. The number of hydrogen-bond acceptors (Lipinski definition) is 4. The van der Waals surface area contributed by atoms with Gasteiger partial charge in [0, 0.05) is 26.2 Å². The van der Waals surface area contributed by atoms with Crippen LogP contribution in [-0.2, 0) is 4.79 Å². The first-order valence-corrected chi connectivity index (χ1v) is 5.14.